The van der Waals surface area contributed by atoms with Crippen LogP contribution < -0.4 is 0 Å². The first-order valence-electron chi connectivity index (χ1n) is 3.99. The molecule has 0 atom stereocenters. The zero-order valence-corrected chi connectivity index (χ0v) is 7.77. The second-order valence-electron chi connectivity index (χ2n) is 2.82. The van der Waals surface area contributed by atoms with Crippen molar-refractivity contribution in [3.05, 3.63) is 35.4 Å². The molecule has 1 aromatic rings. The fraction of sp³-hybridized carbons (Fsp3) is 0.400. The maximum Gasteiger partial charge on any atom is -0.00947 e. The van der Waals surface area contributed by atoms with Crippen molar-refractivity contribution < 1.29 is 0 Å². The summed E-state index contributed by atoms with van der Waals surface area (Å²) < 4.78 is 0. The predicted molar refractivity (Wildman–Crippen MR) is 53.4 cm³/mol. The molecule has 0 nitrogen and oxygen atoms in total. The van der Waals surface area contributed by atoms with E-state index in [2.05, 4.69) is 43.8 Å². The van der Waals surface area contributed by atoms with Crippen molar-refractivity contribution >= 4 is 12.6 Å². The molecule has 1 rings (SSSR count). The number of hydrogen-bond acceptors (Lipinski definition) is 1. The van der Waals surface area contributed by atoms with Gasteiger partial charge in [0.2, 0.25) is 0 Å². The third kappa shape index (κ3) is 2.98. The van der Waals surface area contributed by atoms with Crippen LogP contribution in [0.3, 0.4) is 0 Å². The number of hydrogen-bond donors (Lipinski definition) is 1. The maximum atomic E-state index is 4.18. The lowest BCUT2D eigenvalue weighted by molar-refractivity contribution is 0.934. The highest BCUT2D eigenvalue weighted by Crippen LogP contribution is 2.06. The molecule has 0 spiro atoms. The van der Waals surface area contributed by atoms with E-state index in [9.17, 15) is 0 Å². The van der Waals surface area contributed by atoms with Crippen LogP contribution >= 0.6 is 12.6 Å². The van der Waals surface area contributed by atoms with E-state index >= 15 is 0 Å². The van der Waals surface area contributed by atoms with Gasteiger partial charge in [0, 0.05) is 0 Å². The molecule has 0 unspecified atom stereocenters. The van der Waals surface area contributed by atoms with Crippen LogP contribution in [0.15, 0.2) is 24.3 Å². The van der Waals surface area contributed by atoms with Gasteiger partial charge >= 0.3 is 0 Å². The summed E-state index contributed by atoms with van der Waals surface area (Å²) in [7, 11) is 0. The van der Waals surface area contributed by atoms with Crippen LogP contribution in [-0.4, -0.2) is 5.75 Å². The van der Waals surface area contributed by atoms with Crippen LogP contribution in [0.5, 0.6) is 0 Å². The molecule has 0 radical (unpaired) electrons. The molecule has 1 heteroatoms. The molecular formula is C10H14S. The van der Waals surface area contributed by atoms with Gasteiger partial charge in [0.15, 0.2) is 0 Å². The van der Waals surface area contributed by atoms with Gasteiger partial charge in [0.25, 0.3) is 0 Å². The van der Waals surface area contributed by atoms with Crippen LogP contribution in [0.25, 0.3) is 0 Å². The molecule has 0 saturated carbocycles. The number of aryl methyl sites for hydroxylation is 2. The summed E-state index contributed by atoms with van der Waals surface area (Å²) in [4.78, 5) is 0. The van der Waals surface area contributed by atoms with E-state index in [4.69, 9.17) is 0 Å². The van der Waals surface area contributed by atoms with E-state index < -0.39 is 0 Å². The molecule has 11 heavy (non-hydrogen) atoms. The molecule has 0 N–H and O–H groups in total. The summed E-state index contributed by atoms with van der Waals surface area (Å²) >= 11 is 4.18. The highest BCUT2D eigenvalue weighted by Gasteiger charge is 1.91. The average Bonchev–Trinajstić information content (AvgIpc) is 2.01. The lowest BCUT2D eigenvalue weighted by atomic mass is 10.1. The molecule has 0 amide bonds. The van der Waals surface area contributed by atoms with Gasteiger partial charge < -0.3 is 0 Å². The van der Waals surface area contributed by atoms with Gasteiger partial charge in [-0.05, 0) is 31.1 Å². The lowest BCUT2D eigenvalue weighted by Crippen LogP contribution is -1.86. The first-order valence-corrected chi connectivity index (χ1v) is 4.62. The first-order chi connectivity index (χ1) is 5.33. The van der Waals surface area contributed by atoms with Gasteiger partial charge in [-0.25, -0.2) is 0 Å². The second kappa shape index (κ2) is 4.45. The quantitative estimate of drug-likeness (QED) is 0.656. The van der Waals surface area contributed by atoms with E-state index in [0.29, 0.717) is 0 Å². The highest BCUT2D eigenvalue weighted by atomic mass is 32.1. The van der Waals surface area contributed by atoms with Crippen LogP contribution in [0.1, 0.15) is 17.5 Å². The minimum Gasteiger partial charge on any atom is -0.179 e. The summed E-state index contributed by atoms with van der Waals surface area (Å²) in [5.74, 6) is 0.980. The molecule has 0 saturated heterocycles. The Morgan fingerprint density at radius 2 is 2.18 bits per heavy atom. The summed E-state index contributed by atoms with van der Waals surface area (Å²) in [5.41, 5.74) is 2.78. The molecule has 0 bridgehead atoms. The van der Waals surface area contributed by atoms with Crippen molar-refractivity contribution in [2.75, 3.05) is 5.75 Å². The van der Waals surface area contributed by atoms with Crippen molar-refractivity contribution in [3.63, 3.8) is 0 Å². The van der Waals surface area contributed by atoms with Crippen LogP contribution in [-0.2, 0) is 6.42 Å². The second-order valence-corrected chi connectivity index (χ2v) is 3.26. The Labute approximate surface area is 74.0 Å². The van der Waals surface area contributed by atoms with Gasteiger partial charge in [-0.1, -0.05) is 29.8 Å². The van der Waals surface area contributed by atoms with E-state index in [1.54, 1.807) is 0 Å². The standard InChI is InChI=1S/C10H14S/c1-9-4-2-5-10(8-9)6-3-7-11/h2,4-5,8,11H,3,6-7H2,1H3. The first kappa shape index (κ1) is 8.66. The molecule has 0 aliphatic rings. The Kier molecular flexibility index (Phi) is 3.50. The van der Waals surface area contributed by atoms with Crippen molar-refractivity contribution in [2.24, 2.45) is 0 Å². The van der Waals surface area contributed by atoms with Gasteiger partial charge in [-0.2, -0.15) is 12.6 Å². The minimum absolute atomic E-state index is 0.980. The van der Waals surface area contributed by atoms with Gasteiger partial charge in [0.05, 0.1) is 0 Å². The SMILES string of the molecule is Cc1cccc(CCCS)c1. The highest BCUT2D eigenvalue weighted by molar-refractivity contribution is 7.80. The third-order valence-electron chi connectivity index (χ3n) is 1.71. The summed E-state index contributed by atoms with van der Waals surface area (Å²) in [5, 5.41) is 0. The van der Waals surface area contributed by atoms with E-state index in [1.165, 1.54) is 17.5 Å². The topological polar surface area (TPSA) is 0 Å². The van der Waals surface area contributed by atoms with Crippen LogP contribution in [0.2, 0.25) is 0 Å². The number of benzene rings is 1. The lowest BCUT2D eigenvalue weighted by Gasteiger charge is -1.99. The summed E-state index contributed by atoms with van der Waals surface area (Å²) in [6.07, 6.45) is 2.33. The number of rotatable bonds is 3. The molecule has 0 fully saturated rings. The van der Waals surface area contributed by atoms with Crippen molar-refractivity contribution in [2.45, 2.75) is 19.8 Å². The van der Waals surface area contributed by atoms with Crippen molar-refractivity contribution in [3.8, 4) is 0 Å². The van der Waals surface area contributed by atoms with Crippen LogP contribution in [0.4, 0.5) is 0 Å². The van der Waals surface area contributed by atoms with Crippen molar-refractivity contribution in [1.29, 1.82) is 0 Å². The molecule has 0 heterocycles. The predicted octanol–water partition coefficient (Wildman–Crippen LogP) is 2.86. The zero-order chi connectivity index (χ0) is 8.10. The summed E-state index contributed by atoms with van der Waals surface area (Å²) in [6.45, 7) is 2.13. The molecule has 60 valence electrons. The van der Waals surface area contributed by atoms with Gasteiger partial charge in [-0.3, -0.25) is 0 Å². The van der Waals surface area contributed by atoms with Crippen LogP contribution in [0, 0.1) is 6.92 Å². The Morgan fingerprint density at radius 1 is 1.36 bits per heavy atom. The molecule has 0 aliphatic carbocycles. The molecule has 0 aromatic heterocycles. The van der Waals surface area contributed by atoms with Gasteiger partial charge in [-0.15, -0.1) is 0 Å². The van der Waals surface area contributed by atoms with Gasteiger partial charge in [0.1, 0.15) is 0 Å². The maximum absolute atomic E-state index is 4.18. The largest absolute Gasteiger partial charge is 0.179 e. The van der Waals surface area contributed by atoms with E-state index in [1.807, 2.05) is 0 Å². The Bertz CT molecular complexity index is 218. The fourth-order valence-electron chi connectivity index (χ4n) is 1.15. The molecular weight excluding hydrogens is 152 g/mol. The average molecular weight is 166 g/mol. The zero-order valence-electron chi connectivity index (χ0n) is 6.88. The van der Waals surface area contributed by atoms with Crippen molar-refractivity contribution in [1.82, 2.24) is 0 Å². The molecule has 0 aliphatic heterocycles. The smallest absolute Gasteiger partial charge is 0.00947 e. The Hall–Kier alpha value is -0.430. The van der Waals surface area contributed by atoms with E-state index in [-0.39, 0.29) is 0 Å². The fourth-order valence-corrected chi connectivity index (χ4v) is 1.31. The minimum atomic E-state index is 0.980. The monoisotopic (exact) mass is 166 g/mol. The third-order valence-corrected chi connectivity index (χ3v) is 2.02. The Morgan fingerprint density at radius 3 is 2.82 bits per heavy atom. The number of thiol groups is 1. The molecule has 1 aromatic carbocycles. The summed E-state index contributed by atoms with van der Waals surface area (Å²) in [6, 6.07) is 8.66. The normalized spacial score (nSPS) is 10.0. The Balaban J connectivity index is 2.56. The van der Waals surface area contributed by atoms with E-state index in [0.717, 1.165) is 12.2 Å².